The maximum absolute atomic E-state index is 15.4. The summed E-state index contributed by atoms with van der Waals surface area (Å²) < 4.78 is 45.6. The summed E-state index contributed by atoms with van der Waals surface area (Å²) in [5, 5.41) is 0. The van der Waals surface area contributed by atoms with Crippen molar-refractivity contribution in [3.63, 3.8) is 0 Å². The predicted molar refractivity (Wildman–Crippen MR) is 116 cm³/mol. The molecule has 0 atom stereocenters. The Hall–Kier alpha value is -3.07. The van der Waals surface area contributed by atoms with Crippen LogP contribution in [0.5, 0.6) is 0 Å². The number of allylic oxidation sites excluding steroid dienone is 2. The van der Waals surface area contributed by atoms with Gasteiger partial charge in [0.2, 0.25) is 0 Å². The van der Waals surface area contributed by atoms with Crippen LogP contribution in [0.15, 0.2) is 55.1 Å². The van der Waals surface area contributed by atoms with Gasteiger partial charge in [0.15, 0.2) is 11.6 Å². The fraction of sp³-hybridized carbons (Fsp3) is 0.154. The second kappa shape index (κ2) is 8.12. The van der Waals surface area contributed by atoms with Crippen LogP contribution >= 0.6 is 0 Å². The van der Waals surface area contributed by atoms with E-state index in [0.29, 0.717) is 11.1 Å². The minimum atomic E-state index is -1.19. The lowest BCUT2D eigenvalue weighted by Crippen LogP contribution is -2.03. The van der Waals surface area contributed by atoms with Gasteiger partial charge in [-0.1, -0.05) is 54.6 Å². The van der Waals surface area contributed by atoms with Crippen LogP contribution in [-0.4, -0.2) is 0 Å². The molecule has 0 heterocycles. The van der Waals surface area contributed by atoms with Crippen LogP contribution in [0.25, 0.3) is 33.9 Å². The topological polar surface area (TPSA) is 0 Å². The van der Waals surface area contributed by atoms with Gasteiger partial charge in [0, 0.05) is 5.56 Å². The molecular formula is C26H23F3. The normalized spacial score (nSPS) is 11.3. The second-order valence-corrected chi connectivity index (χ2v) is 7.20. The number of hydrogen-bond donors (Lipinski definition) is 0. The van der Waals surface area contributed by atoms with Crippen LogP contribution in [0.4, 0.5) is 13.2 Å². The Balaban J connectivity index is 2.35. The van der Waals surface area contributed by atoms with Crippen LogP contribution in [0.2, 0.25) is 0 Å². The number of hydrogen-bond acceptors (Lipinski definition) is 0. The Kier molecular flexibility index (Phi) is 5.78. The summed E-state index contributed by atoms with van der Waals surface area (Å²) in [6.07, 6.45) is 3.72. The SMILES string of the molecule is C=C(C)c1cc(-c2c(F)c(C)c(-c3ccccc3)c(F)c2F)cc(/C=C\C)c1C. The third-order valence-corrected chi connectivity index (χ3v) is 5.16. The monoisotopic (exact) mass is 392 g/mol. The van der Waals surface area contributed by atoms with E-state index in [9.17, 15) is 0 Å². The molecule has 0 spiro atoms. The molecule has 0 nitrogen and oxygen atoms in total. The van der Waals surface area contributed by atoms with Crippen LogP contribution in [0, 0.1) is 31.3 Å². The lowest BCUT2D eigenvalue weighted by Gasteiger charge is -2.17. The second-order valence-electron chi connectivity index (χ2n) is 7.20. The number of halogens is 3. The van der Waals surface area contributed by atoms with E-state index in [0.717, 1.165) is 22.3 Å². The molecule has 148 valence electrons. The van der Waals surface area contributed by atoms with Crippen molar-refractivity contribution in [2.45, 2.75) is 27.7 Å². The van der Waals surface area contributed by atoms with Crippen molar-refractivity contribution >= 4 is 11.6 Å². The average Bonchev–Trinajstić information content (AvgIpc) is 2.69. The molecular weight excluding hydrogens is 369 g/mol. The molecule has 0 aliphatic carbocycles. The smallest absolute Gasteiger partial charge is 0.170 e. The highest BCUT2D eigenvalue weighted by Crippen LogP contribution is 2.39. The summed E-state index contributed by atoms with van der Waals surface area (Å²) in [5.74, 6) is -2.99. The lowest BCUT2D eigenvalue weighted by atomic mass is 9.89. The Labute approximate surface area is 170 Å². The fourth-order valence-corrected chi connectivity index (χ4v) is 3.66. The van der Waals surface area contributed by atoms with Gasteiger partial charge in [-0.3, -0.25) is 0 Å². The minimum absolute atomic E-state index is 0.0507. The van der Waals surface area contributed by atoms with Gasteiger partial charge in [-0.05, 0) is 73.2 Å². The van der Waals surface area contributed by atoms with Crippen LogP contribution in [-0.2, 0) is 0 Å². The van der Waals surface area contributed by atoms with E-state index >= 15 is 13.2 Å². The molecule has 0 aromatic heterocycles. The van der Waals surface area contributed by atoms with Gasteiger partial charge in [0.05, 0.1) is 5.56 Å². The number of benzene rings is 3. The largest absolute Gasteiger partial charge is 0.206 e. The van der Waals surface area contributed by atoms with Gasteiger partial charge in [-0.15, -0.1) is 0 Å². The third kappa shape index (κ3) is 3.65. The van der Waals surface area contributed by atoms with E-state index in [-0.39, 0.29) is 16.7 Å². The molecule has 0 radical (unpaired) electrons. The van der Waals surface area contributed by atoms with Crippen LogP contribution in [0.1, 0.15) is 36.1 Å². The van der Waals surface area contributed by atoms with Gasteiger partial charge in [-0.2, -0.15) is 0 Å². The first-order chi connectivity index (χ1) is 13.8. The average molecular weight is 392 g/mol. The molecule has 3 aromatic rings. The van der Waals surface area contributed by atoms with Gasteiger partial charge in [-0.25, -0.2) is 13.2 Å². The Bertz CT molecular complexity index is 1090. The molecule has 0 aliphatic rings. The number of rotatable bonds is 4. The molecule has 3 heteroatoms. The van der Waals surface area contributed by atoms with Crippen LogP contribution < -0.4 is 0 Å². The molecule has 0 saturated heterocycles. The van der Waals surface area contributed by atoms with E-state index < -0.39 is 17.5 Å². The Morgan fingerprint density at radius 3 is 2.03 bits per heavy atom. The molecule has 29 heavy (non-hydrogen) atoms. The highest BCUT2D eigenvalue weighted by molar-refractivity contribution is 5.81. The van der Waals surface area contributed by atoms with Crippen LogP contribution in [0.3, 0.4) is 0 Å². The van der Waals surface area contributed by atoms with Crippen molar-refractivity contribution in [1.82, 2.24) is 0 Å². The maximum atomic E-state index is 15.4. The first-order valence-electron chi connectivity index (χ1n) is 9.44. The highest BCUT2D eigenvalue weighted by Gasteiger charge is 2.25. The predicted octanol–water partition coefficient (Wildman–Crippen LogP) is 8.12. The molecule has 0 aliphatic heterocycles. The highest BCUT2D eigenvalue weighted by atomic mass is 19.2. The molecule has 3 aromatic carbocycles. The quantitative estimate of drug-likeness (QED) is 0.393. The Morgan fingerprint density at radius 1 is 0.828 bits per heavy atom. The minimum Gasteiger partial charge on any atom is -0.206 e. The van der Waals surface area contributed by atoms with Crippen molar-refractivity contribution in [3.05, 3.63) is 94.8 Å². The molecule has 0 unspecified atom stereocenters. The van der Waals surface area contributed by atoms with Crippen molar-refractivity contribution in [2.24, 2.45) is 0 Å². The van der Waals surface area contributed by atoms with E-state index in [4.69, 9.17) is 0 Å². The zero-order valence-corrected chi connectivity index (χ0v) is 17.0. The summed E-state index contributed by atoms with van der Waals surface area (Å²) >= 11 is 0. The van der Waals surface area contributed by atoms with Crippen molar-refractivity contribution < 1.29 is 13.2 Å². The summed E-state index contributed by atoms with van der Waals surface area (Å²) in [5.41, 5.74) is 3.73. The van der Waals surface area contributed by atoms with E-state index in [2.05, 4.69) is 6.58 Å². The molecule has 0 amide bonds. The molecule has 0 bridgehead atoms. The van der Waals surface area contributed by atoms with Crippen molar-refractivity contribution in [3.8, 4) is 22.3 Å². The van der Waals surface area contributed by atoms with E-state index in [1.165, 1.54) is 6.92 Å². The standard InChI is InChI=1S/C26H23F3/c1-6-10-19-13-20(14-21(15(2)3)16(19)4)23-24(27)17(5)22(25(28)26(23)29)18-11-8-7-9-12-18/h6-14H,2H2,1,3-5H3/b10-6-. The van der Waals surface area contributed by atoms with E-state index in [1.807, 2.05) is 32.9 Å². The Morgan fingerprint density at radius 2 is 1.45 bits per heavy atom. The van der Waals surface area contributed by atoms with Gasteiger partial charge >= 0.3 is 0 Å². The summed E-state index contributed by atoms with van der Waals surface area (Å²) in [7, 11) is 0. The fourth-order valence-electron chi connectivity index (χ4n) is 3.66. The summed E-state index contributed by atoms with van der Waals surface area (Å²) in [6, 6.07) is 11.8. The van der Waals surface area contributed by atoms with Gasteiger partial charge < -0.3 is 0 Å². The molecule has 3 rings (SSSR count). The first kappa shape index (κ1) is 20.7. The van der Waals surface area contributed by atoms with Gasteiger partial charge in [0.1, 0.15) is 5.82 Å². The third-order valence-electron chi connectivity index (χ3n) is 5.16. The van der Waals surface area contributed by atoms with E-state index in [1.54, 1.807) is 42.5 Å². The molecule has 0 N–H and O–H groups in total. The molecule has 0 saturated carbocycles. The summed E-state index contributed by atoms with van der Waals surface area (Å²) in [4.78, 5) is 0. The lowest BCUT2D eigenvalue weighted by molar-refractivity contribution is 0.499. The zero-order chi connectivity index (χ0) is 21.3. The maximum Gasteiger partial charge on any atom is 0.170 e. The summed E-state index contributed by atoms with van der Waals surface area (Å²) in [6.45, 7) is 11.1. The van der Waals surface area contributed by atoms with Crippen molar-refractivity contribution in [2.75, 3.05) is 0 Å². The molecule has 0 fully saturated rings. The van der Waals surface area contributed by atoms with Gasteiger partial charge in [0.25, 0.3) is 0 Å². The first-order valence-corrected chi connectivity index (χ1v) is 9.44. The zero-order valence-electron chi connectivity index (χ0n) is 17.0. The van der Waals surface area contributed by atoms with Crippen molar-refractivity contribution in [1.29, 1.82) is 0 Å².